The van der Waals surface area contributed by atoms with E-state index in [0.29, 0.717) is 10.2 Å². The monoisotopic (exact) mass is 228 g/mol. The number of aromatic nitrogens is 3. The fraction of sp³-hybridized carbons (Fsp3) is 0. The van der Waals surface area contributed by atoms with Crippen LogP contribution in [0.2, 0.25) is 0 Å². The first-order chi connectivity index (χ1) is 8.22. The summed E-state index contributed by atoms with van der Waals surface area (Å²) >= 11 is 0. The van der Waals surface area contributed by atoms with E-state index in [1.807, 2.05) is 0 Å². The first-order valence-electron chi connectivity index (χ1n) is 4.67. The number of rotatable bonds is 0. The van der Waals surface area contributed by atoms with Crippen molar-refractivity contribution in [3.63, 3.8) is 0 Å². The van der Waals surface area contributed by atoms with Crippen LogP contribution in [0.25, 0.3) is 16.7 Å². The summed E-state index contributed by atoms with van der Waals surface area (Å²) in [7, 11) is 0. The number of hydrogen-bond acceptors (Lipinski definition) is 5. The minimum absolute atomic E-state index is 0.0776. The maximum absolute atomic E-state index is 11.9. The molecule has 82 valence electrons. The van der Waals surface area contributed by atoms with Crippen LogP contribution in [0, 0.1) is 16.5 Å². The van der Waals surface area contributed by atoms with Crippen molar-refractivity contribution in [1.82, 2.24) is 9.56 Å². The maximum Gasteiger partial charge on any atom is 0.460 e. The molecule has 0 unspecified atom stereocenters. The molecule has 1 aromatic carbocycles. The third kappa shape index (κ3) is 1.12. The Kier molecular flexibility index (Phi) is 1.68. The highest BCUT2D eigenvalue weighted by atomic mass is 16.5. The van der Waals surface area contributed by atoms with Gasteiger partial charge in [0.2, 0.25) is 5.52 Å². The SMILES string of the molecule is N#Cc1c2nc(=O)on2c2ccccc2[n+]1[O-]. The van der Waals surface area contributed by atoms with Crippen LogP contribution in [0.15, 0.2) is 33.6 Å². The lowest BCUT2D eigenvalue weighted by atomic mass is 10.3. The van der Waals surface area contributed by atoms with Gasteiger partial charge in [0.1, 0.15) is 0 Å². The molecule has 0 aliphatic rings. The van der Waals surface area contributed by atoms with Gasteiger partial charge in [-0.1, -0.05) is 12.1 Å². The fourth-order valence-corrected chi connectivity index (χ4v) is 1.70. The summed E-state index contributed by atoms with van der Waals surface area (Å²) in [6.07, 6.45) is 0. The predicted octanol–water partition coefficient (Wildman–Crippen LogP) is -0.0542. The van der Waals surface area contributed by atoms with E-state index in [1.165, 1.54) is 6.07 Å². The number of nitriles is 1. The number of benzene rings is 1. The number of nitrogens with zero attached hydrogens (tertiary/aromatic N) is 4. The van der Waals surface area contributed by atoms with Gasteiger partial charge in [-0.3, -0.25) is 0 Å². The number of hydrogen-bond donors (Lipinski definition) is 0. The van der Waals surface area contributed by atoms with Gasteiger partial charge in [0.05, 0.1) is 0 Å². The number of fused-ring (bicyclic) bond motifs is 3. The molecule has 0 N–H and O–H groups in total. The Hall–Kier alpha value is -2.88. The zero-order chi connectivity index (χ0) is 12.0. The van der Waals surface area contributed by atoms with Crippen LogP contribution >= 0.6 is 0 Å². The van der Waals surface area contributed by atoms with Gasteiger partial charge in [0.25, 0.3) is 5.65 Å². The third-order valence-corrected chi connectivity index (χ3v) is 2.40. The van der Waals surface area contributed by atoms with Gasteiger partial charge in [-0.2, -0.15) is 9.99 Å². The minimum atomic E-state index is -0.849. The van der Waals surface area contributed by atoms with Crippen molar-refractivity contribution in [3.8, 4) is 6.07 Å². The quantitative estimate of drug-likeness (QED) is 0.396. The smallest absolute Gasteiger partial charge is 0.460 e. The zero-order valence-electron chi connectivity index (χ0n) is 8.32. The van der Waals surface area contributed by atoms with E-state index in [4.69, 9.17) is 9.78 Å². The second kappa shape index (κ2) is 3.05. The highest BCUT2D eigenvalue weighted by molar-refractivity contribution is 5.74. The molecule has 0 fully saturated rings. The first kappa shape index (κ1) is 9.35. The average molecular weight is 228 g/mol. The fourth-order valence-electron chi connectivity index (χ4n) is 1.70. The molecule has 2 heterocycles. The van der Waals surface area contributed by atoms with E-state index in [2.05, 4.69) is 4.98 Å². The lowest BCUT2D eigenvalue weighted by molar-refractivity contribution is -0.579. The van der Waals surface area contributed by atoms with Gasteiger partial charge in [-0.05, 0) is 6.07 Å². The Labute approximate surface area is 93.3 Å². The molecule has 0 amide bonds. The van der Waals surface area contributed by atoms with Crippen molar-refractivity contribution < 1.29 is 9.25 Å². The van der Waals surface area contributed by atoms with E-state index in [-0.39, 0.29) is 16.9 Å². The summed E-state index contributed by atoms with van der Waals surface area (Å²) in [6.45, 7) is 0. The van der Waals surface area contributed by atoms with Crippen molar-refractivity contribution in [1.29, 1.82) is 5.26 Å². The first-order valence-corrected chi connectivity index (χ1v) is 4.67. The van der Waals surface area contributed by atoms with Crippen LogP contribution in [0.4, 0.5) is 0 Å². The van der Waals surface area contributed by atoms with Crippen molar-refractivity contribution in [2.75, 3.05) is 0 Å². The Morgan fingerprint density at radius 3 is 3.00 bits per heavy atom. The summed E-state index contributed by atoms with van der Waals surface area (Å²) in [4.78, 5) is 14.6. The Balaban J connectivity index is 2.74. The Morgan fingerprint density at radius 1 is 1.47 bits per heavy atom. The molecule has 2 aromatic heterocycles. The molecule has 0 saturated carbocycles. The van der Waals surface area contributed by atoms with E-state index < -0.39 is 5.76 Å². The molecule has 7 heteroatoms. The molecule has 0 aliphatic carbocycles. The van der Waals surface area contributed by atoms with Crippen LogP contribution in [-0.2, 0) is 0 Å². The van der Waals surface area contributed by atoms with Crippen molar-refractivity contribution >= 4 is 16.7 Å². The van der Waals surface area contributed by atoms with Gasteiger partial charge in [-0.15, -0.1) is 9.56 Å². The van der Waals surface area contributed by atoms with Crippen LogP contribution in [0.1, 0.15) is 5.69 Å². The molecule has 0 aliphatic heterocycles. The molecule has 3 rings (SSSR count). The van der Waals surface area contributed by atoms with Gasteiger partial charge in [0, 0.05) is 6.07 Å². The van der Waals surface area contributed by atoms with Crippen molar-refractivity contribution in [3.05, 3.63) is 45.7 Å². The molecule has 0 saturated heterocycles. The van der Waals surface area contributed by atoms with Gasteiger partial charge in [0.15, 0.2) is 11.6 Å². The van der Waals surface area contributed by atoms with Crippen LogP contribution < -0.4 is 10.5 Å². The minimum Gasteiger partial charge on any atom is -0.617 e. The Morgan fingerprint density at radius 2 is 2.24 bits per heavy atom. The summed E-state index contributed by atoms with van der Waals surface area (Å²) in [5.74, 6) is -0.849. The van der Waals surface area contributed by atoms with Crippen molar-refractivity contribution in [2.45, 2.75) is 0 Å². The van der Waals surface area contributed by atoms with Crippen molar-refractivity contribution in [2.24, 2.45) is 0 Å². The summed E-state index contributed by atoms with van der Waals surface area (Å²) in [5, 5.41) is 20.8. The highest BCUT2D eigenvalue weighted by Gasteiger charge is 2.21. The van der Waals surface area contributed by atoms with Gasteiger partial charge in [-0.25, -0.2) is 4.79 Å². The van der Waals surface area contributed by atoms with E-state index >= 15 is 0 Å². The maximum atomic E-state index is 11.9. The van der Waals surface area contributed by atoms with E-state index in [1.54, 1.807) is 24.3 Å². The molecular weight excluding hydrogens is 224 g/mol. The van der Waals surface area contributed by atoms with E-state index in [0.717, 1.165) is 4.57 Å². The zero-order valence-corrected chi connectivity index (χ0v) is 8.32. The largest absolute Gasteiger partial charge is 0.617 e. The normalized spacial score (nSPS) is 10.8. The van der Waals surface area contributed by atoms with Gasteiger partial charge < -0.3 is 9.73 Å². The standard InChI is InChI=1S/C10H4N4O3/c11-5-8-9-12-10(15)17-14(9)7-4-2-1-3-6(7)13(8)16/h1-4H. The topological polar surface area (TPSA) is 98.2 Å². The highest BCUT2D eigenvalue weighted by Crippen LogP contribution is 2.13. The predicted molar refractivity (Wildman–Crippen MR) is 54.9 cm³/mol. The molecule has 0 spiro atoms. The summed E-state index contributed by atoms with van der Waals surface area (Å²) in [6, 6.07) is 8.18. The second-order valence-electron chi connectivity index (χ2n) is 3.33. The molecule has 0 radical (unpaired) electrons. The van der Waals surface area contributed by atoms with Crippen LogP contribution in [0.5, 0.6) is 0 Å². The molecule has 17 heavy (non-hydrogen) atoms. The van der Waals surface area contributed by atoms with Gasteiger partial charge >= 0.3 is 11.4 Å². The van der Waals surface area contributed by atoms with E-state index in [9.17, 15) is 10.0 Å². The lowest BCUT2D eigenvalue weighted by Crippen LogP contribution is -2.32. The molecule has 0 atom stereocenters. The summed E-state index contributed by atoms with van der Waals surface area (Å²) < 4.78 is 6.35. The Bertz CT molecular complexity index is 840. The molecule has 3 aromatic rings. The third-order valence-electron chi connectivity index (χ3n) is 2.40. The molecule has 7 nitrogen and oxygen atoms in total. The lowest BCUT2D eigenvalue weighted by Gasteiger charge is -2.03. The molecule has 0 bridgehead atoms. The second-order valence-corrected chi connectivity index (χ2v) is 3.33. The average Bonchev–Trinajstić information content (AvgIpc) is 2.72. The summed E-state index contributed by atoms with van der Waals surface area (Å²) in [5.41, 5.74) is 0.268. The number of para-hydroxylation sites is 2. The van der Waals surface area contributed by atoms with Crippen LogP contribution in [0.3, 0.4) is 0 Å². The van der Waals surface area contributed by atoms with Crippen LogP contribution in [-0.4, -0.2) is 9.56 Å². The molecular formula is C10H4N4O3.